The fourth-order valence-corrected chi connectivity index (χ4v) is 2.76. The normalized spacial score (nSPS) is 17.5. The Morgan fingerprint density at radius 1 is 1.36 bits per heavy atom. The summed E-state index contributed by atoms with van der Waals surface area (Å²) in [4.78, 5) is 36.6. The second-order valence-corrected chi connectivity index (χ2v) is 6.02. The molecule has 0 spiro atoms. The summed E-state index contributed by atoms with van der Waals surface area (Å²) in [5.41, 5.74) is 5.81. The number of nitrogens with two attached hydrogens (primary N) is 1. The molecule has 0 radical (unpaired) electrons. The highest BCUT2D eigenvalue weighted by atomic mass is 35.5. The molecule has 25 heavy (non-hydrogen) atoms. The van der Waals surface area contributed by atoms with E-state index in [1.807, 2.05) is 0 Å². The Morgan fingerprint density at radius 3 is 2.80 bits per heavy atom. The van der Waals surface area contributed by atoms with E-state index < -0.39 is 36.2 Å². The van der Waals surface area contributed by atoms with Crippen molar-refractivity contribution in [1.82, 2.24) is 4.90 Å². The Kier molecular flexibility index (Phi) is 6.52. The van der Waals surface area contributed by atoms with Crippen LogP contribution in [0.1, 0.15) is 24.8 Å². The number of hydrogen-bond donors (Lipinski definition) is 1. The number of esters is 1. The van der Waals surface area contributed by atoms with Crippen molar-refractivity contribution in [2.75, 3.05) is 13.2 Å². The lowest BCUT2D eigenvalue weighted by Crippen LogP contribution is -2.51. The number of hydrogen-bond acceptors (Lipinski definition) is 4. The first-order valence-corrected chi connectivity index (χ1v) is 8.15. The van der Waals surface area contributed by atoms with Gasteiger partial charge >= 0.3 is 5.97 Å². The van der Waals surface area contributed by atoms with E-state index in [1.54, 1.807) is 0 Å². The first-order valence-electron chi connectivity index (χ1n) is 7.77. The zero-order chi connectivity index (χ0) is 18.4. The molecule has 0 aliphatic carbocycles. The van der Waals surface area contributed by atoms with E-state index in [4.69, 9.17) is 22.1 Å². The lowest BCUT2D eigenvalue weighted by atomic mass is 10.0. The van der Waals surface area contributed by atoms with Crippen molar-refractivity contribution in [2.24, 2.45) is 5.73 Å². The second kappa shape index (κ2) is 8.62. The van der Waals surface area contributed by atoms with Crippen LogP contribution in [-0.2, 0) is 19.1 Å². The molecule has 1 aliphatic rings. The predicted octanol–water partition coefficient (Wildman–Crippen LogP) is 1.90. The van der Waals surface area contributed by atoms with Gasteiger partial charge in [0.25, 0.3) is 5.91 Å². The third kappa shape index (κ3) is 5.29. The molecule has 6 nitrogen and oxygen atoms in total. The first-order chi connectivity index (χ1) is 11.9. The van der Waals surface area contributed by atoms with E-state index >= 15 is 0 Å². The molecule has 1 saturated heterocycles. The summed E-state index contributed by atoms with van der Waals surface area (Å²) in [6.07, 6.45) is 4.61. The van der Waals surface area contributed by atoms with Gasteiger partial charge in [0.1, 0.15) is 11.9 Å². The molecule has 1 aromatic carbocycles. The van der Waals surface area contributed by atoms with E-state index in [0.29, 0.717) is 18.5 Å². The number of piperidine rings is 1. The standard InChI is InChI=1S/C17H18ClFN2O4/c18-12-9-11(4-6-13(12)19)5-7-16(23)25-10-15(22)21-8-2-1-3-14(21)17(20)24/h4-7,9,14H,1-3,8,10H2,(H2,20,24)/b7-5+/t14-/m0/s1. The summed E-state index contributed by atoms with van der Waals surface area (Å²) in [7, 11) is 0. The van der Waals surface area contributed by atoms with Gasteiger partial charge in [-0.3, -0.25) is 9.59 Å². The van der Waals surface area contributed by atoms with Crippen LogP contribution in [0.25, 0.3) is 6.08 Å². The van der Waals surface area contributed by atoms with E-state index in [2.05, 4.69) is 0 Å². The molecule has 1 aliphatic heterocycles. The molecule has 0 bridgehead atoms. The summed E-state index contributed by atoms with van der Waals surface area (Å²) < 4.78 is 17.9. The molecular weight excluding hydrogens is 351 g/mol. The van der Waals surface area contributed by atoms with Gasteiger partial charge in [0.15, 0.2) is 6.61 Å². The number of likely N-dealkylation sites (tertiary alicyclic amines) is 1. The molecule has 0 saturated carbocycles. The van der Waals surface area contributed by atoms with E-state index in [0.717, 1.165) is 18.9 Å². The summed E-state index contributed by atoms with van der Waals surface area (Å²) in [6.45, 7) is -0.0644. The zero-order valence-corrected chi connectivity index (χ0v) is 14.2. The van der Waals surface area contributed by atoms with Crippen LogP contribution in [-0.4, -0.2) is 41.9 Å². The molecule has 1 aromatic rings. The average molecular weight is 369 g/mol. The summed E-state index contributed by atoms with van der Waals surface area (Å²) in [6, 6.07) is 3.33. The minimum Gasteiger partial charge on any atom is -0.452 e. The van der Waals surface area contributed by atoms with Crippen molar-refractivity contribution in [3.05, 3.63) is 40.7 Å². The number of ether oxygens (including phenoxy) is 1. The topological polar surface area (TPSA) is 89.7 Å². The Balaban J connectivity index is 1.88. The van der Waals surface area contributed by atoms with Crippen LogP contribution in [0, 0.1) is 5.82 Å². The van der Waals surface area contributed by atoms with Crippen LogP contribution >= 0.6 is 11.6 Å². The minimum atomic E-state index is -0.735. The SMILES string of the molecule is NC(=O)[C@@H]1CCCCN1C(=O)COC(=O)/C=C/c1ccc(F)c(Cl)c1. The molecule has 0 unspecified atom stereocenters. The number of carbonyl (C=O) groups is 3. The van der Waals surface area contributed by atoms with Gasteiger partial charge in [-0.25, -0.2) is 9.18 Å². The number of amides is 2. The molecule has 0 aromatic heterocycles. The molecule has 2 rings (SSSR count). The van der Waals surface area contributed by atoms with Crippen molar-refractivity contribution in [2.45, 2.75) is 25.3 Å². The smallest absolute Gasteiger partial charge is 0.331 e. The molecule has 2 N–H and O–H groups in total. The number of halogens is 2. The molecule has 1 atom stereocenters. The third-order valence-corrected chi connectivity index (χ3v) is 4.13. The van der Waals surface area contributed by atoms with Gasteiger partial charge in [0.2, 0.25) is 5.91 Å². The fourth-order valence-electron chi connectivity index (χ4n) is 2.57. The van der Waals surface area contributed by atoms with Gasteiger partial charge in [-0.2, -0.15) is 0 Å². The Morgan fingerprint density at radius 2 is 2.12 bits per heavy atom. The van der Waals surface area contributed by atoms with Crippen LogP contribution < -0.4 is 5.73 Å². The van der Waals surface area contributed by atoms with E-state index in [-0.39, 0.29) is 5.02 Å². The minimum absolute atomic E-state index is 0.0618. The van der Waals surface area contributed by atoms with Crippen molar-refractivity contribution in [1.29, 1.82) is 0 Å². The highest BCUT2D eigenvalue weighted by Crippen LogP contribution is 2.18. The van der Waals surface area contributed by atoms with Gasteiger partial charge < -0.3 is 15.4 Å². The van der Waals surface area contributed by atoms with Crippen LogP contribution in [0.15, 0.2) is 24.3 Å². The molecular formula is C17H18ClFN2O4. The van der Waals surface area contributed by atoms with Crippen LogP contribution in [0.2, 0.25) is 5.02 Å². The Hall–Kier alpha value is -2.41. The molecule has 134 valence electrons. The van der Waals surface area contributed by atoms with Crippen LogP contribution in [0.3, 0.4) is 0 Å². The number of rotatable bonds is 5. The summed E-state index contributed by atoms with van der Waals surface area (Å²) in [5, 5.41) is -0.0618. The van der Waals surface area contributed by atoms with Gasteiger partial charge in [0, 0.05) is 12.6 Å². The summed E-state index contributed by atoms with van der Waals surface area (Å²) >= 11 is 5.64. The Labute approximate surface area is 149 Å². The maximum absolute atomic E-state index is 13.0. The number of primary amides is 1. The molecule has 8 heteroatoms. The monoisotopic (exact) mass is 368 g/mol. The number of benzene rings is 1. The average Bonchev–Trinajstić information content (AvgIpc) is 2.60. The molecule has 1 heterocycles. The molecule has 1 fully saturated rings. The van der Waals surface area contributed by atoms with Gasteiger partial charge in [-0.05, 0) is 43.0 Å². The molecule has 2 amide bonds. The van der Waals surface area contributed by atoms with E-state index in [1.165, 1.54) is 29.2 Å². The third-order valence-electron chi connectivity index (χ3n) is 3.84. The first kappa shape index (κ1) is 18.9. The van der Waals surface area contributed by atoms with Crippen molar-refractivity contribution < 1.29 is 23.5 Å². The Bertz CT molecular complexity index is 708. The van der Waals surface area contributed by atoms with Crippen molar-refractivity contribution in [3.8, 4) is 0 Å². The van der Waals surface area contributed by atoms with Crippen molar-refractivity contribution in [3.63, 3.8) is 0 Å². The summed E-state index contributed by atoms with van der Waals surface area (Å²) in [5.74, 6) is -2.32. The second-order valence-electron chi connectivity index (χ2n) is 5.62. The van der Waals surface area contributed by atoms with Gasteiger partial charge in [-0.15, -0.1) is 0 Å². The fraction of sp³-hybridized carbons (Fsp3) is 0.353. The maximum Gasteiger partial charge on any atom is 0.331 e. The zero-order valence-electron chi connectivity index (χ0n) is 13.4. The van der Waals surface area contributed by atoms with Gasteiger partial charge in [0.05, 0.1) is 5.02 Å². The highest BCUT2D eigenvalue weighted by Gasteiger charge is 2.30. The lowest BCUT2D eigenvalue weighted by molar-refractivity contribution is -0.151. The highest BCUT2D eigenvalue weighted by molar-refractivity contribution is 6.30. The lowest BCUT2D eigenvalue weighted by Gasteiger charge is -2.33. The predicted molar refractivity (Wildman–Crippen MR) is 89.9 cm³/mol. The van der Waals surface area contributed by atoms with Gasteiger partial charge in [-0.1, -0.05) is 17.7 Å². The van der Waals surface area contributed by atoms with Crippen molar-refractivity contribution >= 4 is 35.5 Å². The largest absolute Gasteiger partial charge is 0.452 e. The number of nitrogens with zero attached hydrogens (tertiary/aromatic N) is 1. The quantitative estimate of drug-likeness (QED) is 0.635. The van der Waals surface area contributed by atoms with Crippen LogP contribution in [0.4, 0.5) is 4.39 Å². The van der Waals surface area contributed by atoms with Crippen LogP contribution in [0.5, 0.6) is 0 Å². The number of carbonyl (C=O) groups excluding carboxylic acids is 3. The maximum atomic E-state index is 13.0. The van der Waals surface area contributed by atoms with E-state index in [9.17, 15) is 18.8 Å².